The predicted octanol–water partition coefficient (Wildman–Crippen LogP) is 2.27. The lowest BCUT2D eigenvalue weighted by Gasteiger charge is -2.36. The molecule has 0 aliphatic heterocycles. The third kappa shape index (κ3) is 4.14. The number of carbonyl (C=O) groups excluding carboxylic acids is 1. The van der Waals surface area contributed by atoms with Gasteiger partial charge in [0.25, 0.3) is 0 Å². The number of amides is 1. The number of hydrogen-bond donors (Lipinski definition) is 1. The van der Waals surface area contributed by atoms with Crippen LogP contribution in [0.2, 0.25) is 0 Å². The molecular weight excluding hydrogens is 310 g/mol. The highest BCUT2D eigenvalue weighted by Crippen LogP contribution is 2.49. The van der Waals surface area contributed by atoms with Crippen molar-refractivity contribution in [2.45, 2.75) is 51.0 Å². The van der Waals surface area contributed by atoms with E-state index in [4.69, 9.17) is 0 Å². The summed E-state index contributed by atoms with van der Waals surface area (Å²) in [4.78, 5) is 12.5. The lowest BCUT2D eigenvalue weighted by molar-refractivity contribution is -0.124. The van der Waals surface area contributed by atoms with E-state index in [1.54, 1.807) is 0 Å². The summed E-state index contributed by atoms with van der Waals surface area (Å²) >= 11 is 0. The monoisotopic (exact) mass is 335 g/mol. The van der Waals surface area contributed by atoms with Crippen molar-refractivity contribution in [2.75, 3.05) is 12.0 Å². The highest BCUT2D eigenvalue weighted by Gasteiger charge is 2.47. The molecule has 23 heavy (non-hydrogen) atoms. The molecule has 1 N–H and O–H groups in total. The number of hydrogen-bond acceptors (Lipinski definition) is 3. The first-order valence-electron chi connectivity index (χ1n) is 8.24. The second kappa shape index (κ2) is 5.62. The molecule has 0 saturated heterocycles. The molecule has 2 aliphatic rings. The maximum absolute atomic E-state index is 12.5. The summed E-state index contributed by atoms with van der Waals surface area (Å²) in [6.07, 6.45) is 6.01. The van der Waals surface area contributed by atoms with Crippen LogP contribution in [0.25, 0.3) is 0 Å². The molecule has 0 heterocycles. The molecule has 1 saturated carbocycles. The predicted molar refractivity (Wildman–Crippen MR) is 91.0 cm³/mol. The topological polar surface area (TPSA) is 63.2 Å². The fourth-order valence-electron chi connectivity index (χ4n) is 3.83. The van der Waals surface area contributed by atoms with Gasteiger partial charge >= 0.3 is 0 Å². The maximum atomic E-state index is 12.5. The van der Waals surface area contributed by atoms with Crippen LogP contribution in [-0.4, -0.2) is 31.9 Å². The van der Waals surface area contributed by atoms with Gasteiger partial charge in [0.15, 0.2) is 0 Å². The van der Waals surface area contributed by atoms with E-state index in [1.807, 2.05) is 6.07 Å². The molecule has 1 aromatic rings. The highest BCUT2D eigenvalue weighted by atomic mass is 32.2. The van der Waals surface area contributed by atoms with Gasteiger partial charge in [-0.05, 0) is 55.6 Å². The second-order valence-electron chi connectivity index (χ2n) is 7.80. The van der Waals surface area contributed by atoms with E-state index < -0.39 is 9.84 Å². The van der Waals surface area contributed by atoms with Crippen molar-refractivity contribution in [3.05, 3.63) is 35.4 Å². The average Bonchev–Trinajstić information content (AvgIpc) is 3.14. The summed E-state index contributed by atoms with van der Waals surface area (Å²) in [6.45, 7) is 2.09. The Balaban J connectivity index is 1.62. The van der Waals surface area contributed by atoms with Crippen molar-refractivity contribution in [3.63, 3.8) is 0 Å². The summed E-state index contributed by atoms with van der Waals surface area (Å²) in [5.74, 6) is 0.125. The smallest absolute Gasteiger partial charge is 0.221 e. The molecule has 0 radical (unpaired) electrons. The molecule has 3 rings (SSSR count). The molecule has 0 aromatic heterocycles. The van der Waals surface area contributed by atoms with Gasteiger partial charge in [-0.3, -0.25) is 4.79 Å². The van der Waals surface area contributed by atoms with Gasteiger partial charge in [0.1, 0.15) is 9.84 Å². The maximum Gasteiger partial charge on any atom is 0.221 e. The summed E-state index contributed by atoms with van der Waals surface area (Å²) < 4.78 is 23.1. The fourth-order valence-corrected chi connectivity index (χ4v) is 5.33. The number of carbonyl (C=O) groups is 1. The van der Waals surface area contributed by atoms with Gasteiger partial charge in [0, 0.05) is 18.2 Å². The zero-order valence-electron chi connectivity index (χ0n) is 13.9. The molecule has 4 nitrogen and oxygen atoms in total. The first kappa shape index (κ1) is 16.5. The Morgan fingerprint density at radius 2 is 1.83 bits per heavy atom. The van der Waals surface area contributed by atoms with Gasteiger partial charge in [0.05, 0.1) is 5.75 Å². The molecule has 126 valence electrons. The Morgan fingerprint density at radius 3 is 2.43 bits per heavy atom. The van der Waals surface area contributed by atoms with Crippen LogP contribution in [0, 0.1) is 5.41 Å². The largest absolute Gasteiger partial charge is 0.351 e. The number of rotatable bonds is 5. The molecule has 2 aliphatic carbocycles. The minimum absolute atomic E-state index is 0.00645. The van der Waals surface area contributed by atoms with Crippen molar-refractivity contribution in [3.8, 4) is 0 Å². The lowest BCUT2D eigenvalue weighted by atomic mass is 9.79. The Labute approximate surface area is 138 Å². The van der Waals surface area contributed by atoms with Crippen LogP contribution >= 0.6 is 0 Å². The first-order chi connectivity index (χ1) is 10.7. The van der Waals surface area contributed by atoms with Crippen LogP contribution < -0.4 is 5.32 Å². The number of nitrogens with one attached hydrogen (secondary N) is 1. The van der Waals surface area contributed by atoms with Crippen LogP contribution in [-0.2, 0) is 27.5 Å². The van der Waals surface area contributed by atoms with Crippen molar-refractivity contribution < 1.29 is 13.2 Å². The van der Waals surface area contributed by atoms with Gasteiger partial charge in [-0.2, -0.15) is 0 Å². The Hall–Kier alpha value is -1.36. The molecule has 1 aromatic carbocycles. The highest BCUT2D eigenvalue weighted by molar-refractivity contribution is 7.90. The van der Waals surface area contributed by atoms with E-state index in [9.17, 15) is 13.2 Å². The molecule has 1 atom stereocenters. The Bertz CT molecular complexity index is 722. The van der Waals surface area contributed by atoms with Gasteiger partial charge < -0.3 is 5.32 Å². The zero-order chi connectivity index (χ0) is 16.7. The van der Waals surface area contributed by atoms with E-state index in [0.717, 1.165) is 32.1 Å². The quantitative estimate of drug-likeness (QED) is 0.898. The molecule has 5 heteroatoms. The summed E-state index contributed by atoms with van der Waals surface area (Å²) in [7, 11) is -3.03. The molecule has 1 amide bonds. The zero-order valence-corrected chi connectivity index (χ0v) is 14.7. The van der Waals surface area contributed by atoms with E-state index >= 15 is 0 Å². The number of aryl methyl sites for hydroxylation is 1. The van der Waals surface area contributed by atoms with E-state index in [0.29, 0.717) is 6.42 Å². The second-order valence-corrected chi connectivity index (χ2v) is 9.94. The minimum atomic E-state index is -3.03. The molecule has 1 fully saturated rings. The van der Waals surface area contributed by atoms with Gasteiger partial charge in [-0.1, -0.05) is 24.3 Å². The third-order valence-corrected chi connectivity index (χ3v) is 6.28. The van der Waals surface area contributed by atoms with E-state index in [2.05, 4.69) is 30.4 Å². The lowest BCUT2D eigenvalue weighted by Crippen LogP contribution is -2.50. The Morgan fingerprint density at radius 1 is 1.17 bits per heavy atom. The van der Waals surface area contributed by atoms with Crippen molar-refractivity contribution in [2.24, 2.45) is 5.41 Å². The van der Waals surface area contributed by atoms with Crippen molar-refractivity contribution in [1.82, 2.24) is 5.32 Å². The van der Waals surface area contributed by atoms with Crippen LogP contribution in [0.3, 0.4) is 0 Å². The Kier molecular flexibility index (Phi) is 4.03. The molecule has 0 bridgehead atoms. The van der Waals surface area contributed by atoms with Gasteiger partial charge in [0.2, 0.25) is 5.91 Å². The van der Waals surface area contributed by atoms with Crippen molar-refractivity contribution >= 4 is 15.7 Å². The normalized spacial score (nSPS) is 25.5. The molecular formula is C18H25NO3S. The SMILES string of the molecule is CC1(NC(=O)CC2(CS(C)(=O)=O)CC2)CCc2ccccc2C1. The summed E-state index contributed by atoms with van der Waals surface area (Å²) in [5.41, 5.74) is 2.14. The van der Waals surface area contributed by atoms with Crippen molar-refractivity contribution in [1.29, 1.82) is 0 Å². The first-order valence-corrected chi connectivity index (χ1v) is 10.3. The third-order valence-electron chi connectivity index (χ3n) is 5.15. The summed E-state index contributed by atoms with van der Waals surface area (Å²) in [5, 5.41) is 3.18. The van der Waals surface area contributed by atoms with Crippen LogP contribution in [0.4, 0.5) is 0 Å². The molecule has 0 spiro atoms. The fraction of sp³-hybridized carbons (Fsp3) is 0.611. The number of fused-ring (bicyclic) bond motifs is 1. The van der Waals surface area contributed by atoms with E-state index in [-0.39, 0.29) is 22.6 Å². The van der Waals surface area contributed by atoms with Crippen LogP contribution in [0.5, 0.6) is 0 Å². The van der Waals surface area contributed by atoms with Gasteiger partial charge in [-0.15, -0.1) is 0 Å². The van der Waals surface area contributed by atoms with E-state index in [1.165, 1.54) is 17.4 Å². The molecule has 1 unspecified atom stereocenters. The van der Waals surface area contributed by atoms with Crippen LogP contribution in [0.1, 0.15) is 43.7 Å². The van der Waals surface area contributed by atoms with Crippen LogP contribution in [0.15, 0.2) is 24.3 Å². The van der Waals surface area contributed by atoms with Gasteiger partial charge in [-0.25, -0.2) is 8.42 Å². The number of sulfone groups is 1. The summed E-state index contributed by atoms with van der Waals surface area (Å²) in [6, 6.07) is 8.38. The number of benzene rings is 1. The standard InChI is InChI=1S/C18H25NO3S/c1-17(8-7-14-5-3-4-6-15(14)11-17)19-16(20)12-18(9-10-18)13-23(2,21)22/h3-6H,7-13H2,1-2H3,(H,19,20). The average molecular weight is 335 g/mol. The minimum Gasteiger partial charge on any atom is -0.351 e.